The van der Waals surface area contributed by atoms with Crippen LogP contribution in [0.25, 0.3) is 0 Å². The lowest BCUT2D eigenvalue weighted by Crippen LogP contribution is -2.41. The summed E-state index contributed by atoms with van der Waals surface area (Å²) < 4.78 is 5.41. The van der Waals surface area contributed by atoms with E-state index >= 15 is 0 Å². The number of aromatic nitrogens is 2. The number of rotatable bonds is 6. The zero-order valence-electron chi connectivity index (χ0n) is 16.9. The van der Waals surface area contributed by atoms with Crippen LogP contribution in [-0.4, -0.2) is 65.0 Å². The van der Waals surface area contributed by atoms with Crippen molar-refractivity contribution in [2.75, 3.05) is 37.8 Å². The van der Waals surface area contributed by atoms with Gasteiger partial charge in [0.1, 0.15) is 0 Å². The van der Waals surface area contributed by atoms with E-state index in [1.165, 1.54) is 18.4 Å². The lowest BCUT2D eigenvalue weighted by Gasteiger charge is -2.36. The van der Waals surface area contributed by atoms with E-state index in [1.807, 2.05) is 12.4 Å². The van der Waals surface area contributed by atoms with Crippen LogP contribution in [0.5, 0.6) is 0 Å². The van der Waals surface area contributed by atoms with Gasteiger partial charge in [-0.2, -0.15) is 0 Å². The van der Waals surface area contributed by atoms with Gasteiger partial charge in [0, 0.05) is 55.1 Å². The molecule has 5 rings (SSSR count). The van der Waals surface area contributed by atoms with Crippen molar-refractivity contribution in [1.82, 2.24) is 14.9 Å². The summed E-state index contributed by atoms with van der Waals surface area (Å²) in [5.41, 5.74) is 2.46. The van der Waals surface area contributed by atoms with Crippen molar-refractivity contribution in [3.05, 3.63) is 53.9 Å². The van der Waals surface area contributed by atoms with E-state index in [1.54, 1.807) is 0 Å². The van der Waals surface area contributed by atoms with E-state index in [4.69, 9.17) is 4.74 Å². The second-order valence-electron chi connectivity index (χ2n) is 8.80. The molecular weight excluding hydrogens is 364 g/mol. The van der Waals surface area contributed by atoms with E-state index in [2.05, 4.69) is 50.1 Å². The Morgan fingerprint density at radius 3 is 2.52 bits per heavy atom. The lowest BCUT2D eigenvalue weighted by molar-refractivity contribution is 0.0750. The van der Waals surface area contributed by atoms with Gasteiger partial charge in [-0.1, -0.05) is 30.3 Å². The number of morpholine rings is 1. The zero-order valence-corrected chi connectivity index (χ0v) is 16.9. The Kier molecular flexibility index (Phi) is 5.24. The molecule has 1 N–H and O–H groups in total. The average molecular weight is 395 g/mol. The SMILES string of the molecule is OC[C@]1(Cc2ccccc2)C[C@@H]2CC[C@H]1N2Cc1cnc(N2CCOCC2)nc1. The molecule has 0 unspecified atom stereocenters. The number of aliphatic hydroxyl groups excluding tert-OH is 1. The highest BCUT2D eigenvalue weighted by Gasteiger charge is 2.55. The van der Waals surface area contributed by atoms with Gasteiger partial charge in [0.15, 0.2) is 0 Å². The van der Waals surface area contributed by atoms with Crippen molar-refractivity contribution in [3.63, 3.8) is 0 Å². The van der Waals surface area contributed by atoms with Crippen LogP contribution in [0, 0.1) is 5.41 Å². The third-order valence-electron chi connectivity index (χ3n) is 7.06. The summed E-state index contributed by atoms with van der Waals surface area (Å²) in [6, 6.07) is 11.6. The maximum atomic E-state index is 10.4. The highest BCUT2D eigenvalue weighted by Crippen LogP contribution is 2.51. The number of nitrogens with zero attached hydrogens (tertiary/aromatic N) is 4. The Labute approximate surface area is 172 Å². The fourth-order valence-electron chi connectivity index (χ4n) is 5.64. The van der Waals surface area contributed by atoms with Gasteiger partial charge in [0.25, 0.3) is 0 Å². The Bertz CT molecular complexity index is 809. The predicted octanol–water partition coefficient (Wildman–Crippen LogP) is 2.27. The molecule has 0 spiro atoms. The number of fused-ring (bicyclic) bond motifs is 2. The van der Waals surface area contributed by atoms with Gasteiger partial charge in [-0.15, -0.1) is 0 Å². The number of hydrogen-bond acceptors (Lipinski definition) is 6. The van der Waals surface area contributed by atoms with Crippen molar-refractivity contribution >= 4 is 5.95 Å². The topological polar surface area (TPSA) is 61.7 Å². The summed E-state index contributed by atoms with van der Waals surface area (Å²) in [6.45, 7) is 4.32. The van der Waals surface area contributed by atoms with Crippen LogP contribution in [0.4, 0.5) is 5.95 Å². The molecule has 0 aliphatic carbocycles. The van der Waals surface area contributed by atoms with Crippen molar-refractivity contribution < 1.29 is 9.84 Å². The highest BCUT2D eigenvalue weighted by atomic mass is 16.5. The van der Waals surface area contributed by atoms with Gasteiger partial charge in [0.2, 0.25) is 5.95 Å². The summed E-state index contributed by atoms with van der Waals surface area (Å²) in [5, 5.41) is 10.4. The third-order valence-corrected chi connectivity index (χ3v) is 7.06. The Balaban J connectivity index is 1.29. The second-order valence-corrected chi connectivity index (χ2v) is 8.80. The minimum absolute atomic E-state index is 0.0289. The van der Waals surface area contributed by atoms with E-state index in [0.717, 1.165) is 57.2 Å². The van der Waals surface area contributed by atoms with Crippen molar-refractivity contribution in [2.24, 2.45) is 5.41 Å². The molecule has 0 saturated carbocycles. The van der Waals surface area contributed by atoms with Crippen LogP contribution in [0.15, 0.2) is 42.7 Å². The molecular formula is C23H30N4O2. The van der Waals surface area contributed by atoms with Crippen LogP contribution in [0.1, 0.15) is 30.4 Å². The first-order valence-corrected chi connectivity index (χ1v) is 10.8. The molecule has 6 heteroatoms. The molecule has 3 aliphatic heterocycles. The van der Waals surface area contributed by atoms with Crippen molar-refractivity contribution in [1.29, 1.82) is 0 Å². The molecule has 29 heavy (non-hydrogen) atoms. The Morgan fingerprint density at radius 1 is 1.03 bits per heavy atom. The average Bonchev–Trinajstić information content (AvgIpc) is 3.30. The van der Waals surface area contributed by atoms with E-state index < -0.39 is 0 Å². The first kappa shape index (κ1) is 19.0. The second kappa shape index (κ2) is 8.01. The van der Waals surface area contributed by atoms with Crippen molar-refractivity contribution in [2.45, 2.75) is 44.3 Å². The number of benzene rings is 1. The summed E-state index contributed by atoms with van der Waals surface area (Å²) in [7, 11) is 0. The van der Waals surface area contributed by atoms with Crippen LogP contribution in [-0.2, 0) is 17.7 Å². The van der Waals surface area contributed by atoms with Gasteiger partial charge >= 0.3 is 0 Å². The number of anilines is 1. The quantitative estimate of drug-likeness (QED) is 0.811. The molecule has 3 aliphatic rings. The van der Waals surface area contributed by atoms with E-state index in [-0.39, 0.29) is 12.0 Å². The first-order chi connectivity index (χ1) is 14.3. The van der Waals surface area contributed by atoms with Gasteiger partial charge in [-0.05, 0) is 31.2 Å². The number of aliphatic hydroxyl groups is 1. The third kappa shape index (κ3) is 3.65. The first-order valence-electron chi connectivity index (χ1n) is 10.8. The van der Waals surface area contributed by atoms with Crippen LogP contribution in [0.3, 0.4) is 0 Å². The fourth-order valence-corrected chi connectivity index (χ4v) is 5.64. The Morgan fingerprint density at radius 2 is 1.79 bits per heavy atom. The molecule has 2 aromatic rings. The molecule has 6 nitrogen and oxygen atoms in total. The smallest absolute Gasteiger partial charge is 0.225 e. The molecule has 3 atom stereocenters. The zero-order chi connectivity index (χ0) is 19.7. The van der Waals surface area contributed by atoms with Crippen molar-refractivity contribution in [3.8, 4) is 0 Å². The molecule has 154 valence electrons. The molecule has 4 heterocycles. The largest absolute Gasteiger partial charge is 0.396 e. The summed E-state index contributed by atoms with van der Waals surface area (Å²) in [4.78, 5) is 14.0. The molecule has 0 radical (unpaired) electrons. The van der Waals surface area contributed by atoms with Gasteiger partial charge < -0.3 is 14.7 Å². The molecule has 3 fully saturated rings. The summed E-state index contributed by atoms with van der Waals surface area (Å²) in [5.74, 6) is 0.801. The number of ether oxygens (including phenoxy) is 1. The minimum Gasteiger partial charge on any atom is -0.396 e. The van der Waals surface area contributed by atoms with E-state index in [0.29, 0.717) is 12.1 Å². The van der Waals surface area contributed by atoms with E-state index in [9.17, 15) is 5.11 Å². The summed E-state index contributed by atoms with van der Waals surface area (Å²) >= 11 is 0. The molecule has 3 saturated heterocycles. The van der Waals surface area contributed by atoms with Crippen LogP contribution in [0.2, 0.25) is 0 Å². The van der Waals surface area contributed by atoms with Gasteiger partial charge in [0.05, 0.1) is 19.8 Å². The highest BCUT2D eigenvalue weighted by molar-refractivity contribution is 5.30. The van der Waals surface area contributed by atoms with Gasteiger partial charge in [-0.3, -0.25) is 4.90 Å². The molecule has 0 amide bonds. The minimum atomic E-state index is -0.0289. The Hall–Kier alpha value is -2.02. The summed E-state index contributed by atoms with van der Waals surface area (Å²) in [6.07, 6.45) is 8.39. The fraction of sp³-hybridized carbons (Fsp3) is 0.565. The van der Waals surface area contributed by atoms with Crippen LogP contribution < -0.4 is 4.90 Å². The maximum absolute atomic E-state index is 10.4. The molecule has 1 aromatic carbocycles. The molecule has 1 aromatic heterocycles. The number of hydrogen-bond donors (Lipinski definition) is 1. The predicted molar refractivity (Wildman–Crippen MR) is 112 cm³/mol. The molecule has 2 bridgehead atoms. The van der Waals surface area contributed by atoms with Gasteiger partial charge in [-0.25, -0.2) is 9.97 Å². The standard InChI is InChI=1S/C23H30N4O2/c28-17-23(12-18-4-2-1-3-5-18)13-20-6-7-21(23)27(20)16-19-14-24-22(25-15-19)26-8-10-29-11-9-26/h1-5,14-15,20-21,28H,6-13,16-17H2/t20-,21+,23-/m0/s1. The maximum Gasteiger partial charge on any atom is 0.225 e. The lowest BCUT2D eigenvalue weighted by atomic mass is 9.70. The van der Waals surface area contributed by atoms with Crippen LogP contribution >= 0.6 is 0 Å². The monoisotopic (exact) mass is 394 g/mol. The normalized spacial score (nSPS) is 29.5.